The van der Waals surface area contributed by atoms with Crippen LogP contribution in [0.5, 0.6) is 0 Å². The van der Waals surface area contributed by atoms with Gasteiger partial charge in [0, 0.05) is 0 Å². The second-order valence-electron chi connectivity index (χ2n) is 23.0. The normalized spacial score (nSPS) is 53.4. The van der Waals surface area contributed by atoms with Gasteiger partial charge in [0.05, 0.1) is 24.2 Å². The van der Waals surface area contributed by atoms with Gasteiger partial charge >= 0.3 is 11.9 Å². The largest absolute Gasteiger partial charge is 0.481 e. The summed E-state index contributed by atoms with van der Waals surface area (Å²) in [5, 5.41) is 96.4. The van der Waals surface area contributed by atoms with E-state index in [1.54, 1.807) is 0 Å². The van der Waals surface area contributed by atoms with E-state index < -0.39 is 121 Å². The predicted octanol–water partition coefficient (Wildman–Crippen LogP) is 2.47. The molecule has 7 fully saturated rings. The van der Waals surface area contributed by atoms with Crippen molar-refractivity contribution in [1.82, 2.24) is 0 Å². The molecule has 9 N–H and O–H groups in total. The van der Waals surface area contributed by atoms with Crippen LogP contribution in [-0.2, 0) is 38.0 Å². The molecule has 64 heavy (non-hydrogen) atoms. The highest BCUT2D eigenvalue weighted by atomic mass is 16.8. The molecule has 22 unspecified atom stereocenters. The molecule has 22 atom stereocenters. The summed E-state index contributed by atoms with van der Waals surface area (Å²) in [5.41, 5.74) is -0.310. The fraction of sp³-hybridized carbons (Fsp3) is 0.915. The number of rotatable bonds is 8. The maximum atomic E-state index is 13.1. The van der Waals surface area contributed by atoms with E-state index in [1.165, 1.54) is 12.5 Å². The van der Waals surface area contributed by atoms with Crippen molar-refractivity contribution in [2.45, 2.75) is 212 Å². The number of carbonyl (C=O) groups is 2. The third-order valence-corrected chi connectivity index (χ3v) is 18.9. The molecule has 0 bridgehead atoms. The summed E-state index contributed by atoms with van der Waals surface area (Å²) in [5.74, 6) is -1.81. The van der Waals surface area contributed by atoms with Crippen LogP contribution in [-0.4, -0.2) is 157 Å². The zero-order valence-electron chi connectivity index (χ0n) is 38.5. The van der Waals surface area contributed by atoms with E-state index >= 15 is 0 Å². The molecule has 3 saturated heterocycles. The Bertz CT molecular complexity index is 1810. The lowest BCUT2D eigenvalue weighted by Gasteiger charge is -2.71. The molecular formula is C47H74O17. The van der Waals surface area contributed by atoms with Crippen molar-refractivity contribution in [1.29, 1.82) is 0 Å². The predicted molar refractivity (Wildman–Crippen MR) is 224 cm³/mol. The molecule has 364 valence electrons. The minimum atomic E-state index is -1.93. The number of hydrogen-bond donors (Lipinski definition) is 9. The van der Waals surface area contributed by atoms with Crippen molar-refractivity contribution in [3.63, 3.8) is 0 Å². The topological polar surface area (TPSA) is 272 Å². The van der Waals surface area contributed by atoms with Crippen LogP contribution in [0, 0.1) is 50.2 Å². The highest BCUT2D eigenvalue weighted by molar-refractivity contribution is 5.76. The first-order valence-corrected chi connectivity index (χ1v) is 23.6. The third-order valence-electron chi connectivity index (χ3n) is 18.9. The average Bonchev–Trinajstić information content (AvgIpc) is 3.21. The molecule has 8 rings (SSSR count). The SMILES string of the molecule is CC1OC(OC2C(C(=O)O)OC(OC3CCC4(C)C(CCC5(C)C4CC=C4C6CC(C)(C)CCC6(C(=O)O)CCC45C)C3(C)C)C(OC3OCC(O)C(O)C3O)C2O)C(O)C(O)C1O. The highest BCUT2D eigenvalue weighted by Gasteiger charge is 2.70. The molecule has 4 saturated carbocycles. The molecule has 0 aromatic carbocycles. The Labute approximate surface area is 375 Å². The first-order valence-electron chi connectivity index (χ1n) is 23.6. The lowest BCUT2D eigenvalue weighted by molar-refractivity contribution is -0.385. The van der Waals surface area contributed by atoms with Gasteiger partial charge in [-0.25, -0.2) is 4.79 Å². The minimum Gasteiger partial charge on any atom is -0.481 e. The maximum Gasteiger partial charge on any atom is 0.335 e. The molecule has 0 spiro atoms. The van der Waals surface area contributed by atoms with Gasteiger partial charge in [0.2, 0.25) is 0 Å². The van der Waals surface area contributed by atoms with Gasteiger partial charge in [0.15, 0.2) is 25.0 Å². The Hall–Kier alpha value is -1.84. The summed E-state index contributed by atoms with van der Waals surface area (Å²) >= 11 is 0. The second-order valence-corrected chi connectivity index (χ2v) is 23.0. The molecule has 3 aliphatic heterocycles. The van der Waals surface area contributed by atoms with Crippen LogP contribution in [0.2, 0.25) is 0 Å². The summed E-state index contributed by atoms with van der Waals surface area (Å²) in [7, 11) is 0. The molecule has 0 aromatic heterocycles. The molecule has 8 aliphatic rings. The number of fused-ring (bicyclic) bond motifs is 7. The van der Waals surface area contributed by atoms with Crippen LogP contribution >= 0.6 is 0 Å². The zero-order chi connectivity index (χ0) is 46.9. The van der Waals surface area contributed by atoms with Gasteiger partial charge in [-0.2, -0.15) is 0 Å². The van der Waals surface area contributed by atoms with E-state index in [2.05, 4.69) is 54.5 Å². The fourth-order valence-electron chi connectivity index (χ4n) is 14.8. The Morgan fingerprint density at radius 2 is 1.33 bits per heavy atom. The monoisotopic (exact) mass is 910 g/mol. The number of carboxylic acids is 2. The Kier molecular flexibility index (Phi) is 12.7. The van der Waals surface area contributed by atoms with Crippen molar-refractivity contribution in [2.24, 2.45) is 50.2 Å². The van der Waals surface area contributed by atoms with Crippen LogP contribution in [0.15, 0.2) is 11.6 Å². The molecular weight excluding hydrogens is 837 g/mol. The van der Waals surface area contributed by atoms with Crippen molar-refractivity contribution >= 4 is 11.9 Å². The Balaban J connectivity index is 1.07. The zero-order valence-corrected chi connectivity index (χ0v) is 38.5. The molecule has 0 amide bonds. The third kappa shape index (κ3) is 7.45. The van der Waals surface area contributed by atoms with E-state index in [4.69, 9.17) is 28.4 Å². The van der Waals surface area contributed by atoms with Gasteiger partial charge in [-0.3, -0.25) is 4.79 Å². The Morgan fingerprint density at radius 3 is 2.00 bits per heavy atom. The van der Waals surface area contributed by atoms with E-state index in [9.17, 15) is 55.5 Å². The first-order chi connectivity index (χ1) is 29.7. The number of allylic oxidation sites excluding steroid dienone is 2. The van der Waals surface area contributed by atoms with Gasteiger partial charge in [-0.15, -0.1) is 0 Å². The van der Waals surface area contributed by atoms with Crippen LogP contribution in [0.4, 0.5) is 0 Å². The molecule has 17 nitrogen and oxygen atoms in total. The Morgan fingerprint density at radius 1 is 0.672 bits per heavy atom. The summed E-state index contributed by atoms with van der Waals surface area (Å²) in [6.07, 6.45) is -13.5. The van der Waals surface area contributed by atoms with Crippen molar-refractivity contribution in [3.8, 4) is 0 Å². The van der Waals surface area contributed by atoms with Crippen molar-refractivity contribution in [2.75, 3.05) is 6.61 Å². The van der Waals surface area contributed by atoms with Crippen LogP contribution in [0.3, 0.4) is 0 Å². The van der Waals surface area contributed by atoms with Crippen LogP contribution < -0.4 is 0 Å². The maximum absolute atomic E-state index is 13.1. The lowest BCUT2D eigenvalue weighted by Crippen LogP contribution is -2.68. The summed E-state index contributed by atoms with van der Waals surface area (Å²) in [6, 6.07) is 0. The van der Waals surface area contributed by atoms with E-state index in [0.29, 0.717) is 19.3 Å². The number of aliphatic carboxylic acids is 2. The number of aliphatic hydroxyl groups excluding tert-OH is 7. The molecule has 0 aromatic rings. The number of ether oxygens (including phenoxy) is 6. The summed E-state index contributed by atoms with van der Waals surface area (Å²) in [6.45, 7) is 17.1. The smallest absolute Gasteiger partial charge is 0.335 e. The number of hydrogen-bond acceptors (Lipinski definition) is 15. The van der Waals surface area contributed by atoms with E-state index in [-0.39, 0.29) is 39.4 Å². The highest BCUT2D eigenvalue weighted by Crippen LogP contribution is 2.76. The molecule has 17 heteroatoms. The van der Waals surface area contributed by atoms with Gasteiger partial charge in [-0.05, 0) is 116 Å². The summed E-state index contributed by atoms with van der Waals surface area (Å²) < 4.78 is 36.1. The summed E-state index contributed by atoms with van der Waals surface area (Å²) in [4.78, 5) is 26.1. The quantitative estimate of drug-likeness (QED) is 0.125. The molecule has 3 heterocycles. The van der Waals surface area contributed by atoms with Crippen molar-refractivity contribution < 1.29 is 84.0 Å². The fourth-order valence-corrected chi connectivity index (χ4v) is 14.8. The van der Waals surface area contributed by atoms with Gasteiger partial charge in [0.25, 0.3) is 0 Å². The van der Waals surface area contributed by atoms with Gasteiger partial charge in [0.1, 0.15) is 54.9 Å². The van der Waals surface area contributed by atoms with Gasteiger partial charge < -0.3 is 74.4 Å². The average molecular weight is 911 g/mol. The van der Waals surface area contributed by atoms with Crippen LogP contribution in [0.1, 0.15) is 120 Å². The van der Waals surface area contributed by atoms with Crippen molar-refractivity contribution in [3.05, 3.63) is 11.6 Å². The van der Waals surface area contributed by atoms with Gasteiger partial charge in [-0.1, -0.05) is 60.1 Å². The lowest BCUT2D eigenvalue weighted by atomic mass is 9.33. The number of aliphatic hydroxyl groups is 7. The standard InChI is InChI=1S/C47H74O17/c1-21-28(49)30(51)32(53)39(60-21)62-34-33(54)35(63-38-31(52)29(50)24(48)20-59-38)40(64-36(34)37(55)56)61-27-12-13-44(6)25(43(27,4)5)11-14-46(8)26(44)10-9-22-23-19-42(2,3)15-17-47(23,41(57)58)18-16-45(22,46)7/h9,21,23-36,38-40,48-54H,10-20H2,1-8H3,(H,55,56)(H,57,58). The van der Waals surface area contributed by atoms with E-state index in [1.807, 2.05) is 0 Å². The van der Waals surface area contributed by atoms with E-state index in [0.717, 1.165) is 44.9 Å². The molecule has 5 aliphatic carbocycles. The number of carboxylic acid groups (broad SMARTS) is 2. The van der Waals surface area contributed by atoms with Crippen LogP contribution in [0.25, 0.3) is 0 Å². The second kappa shape index (κ2) is 16.7. The molecule has 0 radical (unpaired) electrons. The first kappa shape index (κ1) is 48.6. The minimum absolute atomic E-state index is 0.00576.